The van der Waals surface area contributed by atoms with Crippen molar-refractivity contribution in [3.05, 3.63) is 83.0 Å². The van der Waals surface area contributed by atoms with E-state index >= 15 is 8.78 Å². The molecule has 0 aromatic rings. The summed E-state index contributed by atoms with van der Waals surface area (Å²) in [5, 5.41) is 0. The molecule has 0 saturated heterocycles. The molecule has 0 heterocycles. The second-order valence-corrected chi connectivity index (χ2v) is 9.90. The lowest BCUT2D eigenvalue weighted by Gasteiger charge is -2.30. The minimum atomic E-state index is -0.681. The third-order valence-corrected chi connectivity index (χ3v) is 7.44. The van der Waals surface area contributed by atoms with Gasteiger partial charge in [0.1, 0.15) is 23.5 Å². The molecule has 0 saturated carbocycles. The fourth-order valence-electron chi connectivity index (χ4n) is 5.43. The third-order valence-electron chi connectivity index (χ3n) is 7.44. The van der Waals surface area contributed by atoms with Gasteiger partial charge in [-0.1, -0.05) is 49.3 Å². The second-order valence-electron chi connectivity index (χ2n) is 9.90. The smallest absolute Gasteiger partial charge is 0.158 e. The Bertz CT molecular complexity index is 982. The summed E-state index contributed by atoms with van der Waals surface area (Å²) >= 11 is 0. The molecule has 0 aromatic heterocycles. The van der Waals surface area contributed by atoms with Crippen LogP contribution >= 0.6 is 0 Å². The first-order chi connectivity index (χ1) is 17.0. The molecule has 5 unspecified atom stereocenters. The highest BCUT2D eigenvalue weighted by Gasteiger charge is 2.33. The van der Waals surface area contributed by atoms with Crippen LogP contribution in [0.3, 0.4) is 0 Å². The molecule has 4 aliphatic rings. The van der Waals surface area contributed by atoms with Gasteiger partial charge in [-0.2, -0.15) is 0 Å². The van der Waals surface area contributed by atoms with E-state index in [9.17, 15) is 4.39 Å². The second kappa shape index (κ2) is 12.1. The van der Waals surface area contributed by atoms with Gasteiger partial charge < -0.3 is 9.47 Å². The lowest BCUT2D eigenvalue weighted by atomic mass is 9.77. The zero-order valence-electron chi connectivity index (χ0n) is 20.8. The molecule has 0 radical (unpaired) electrons. The van der Waals surface area contributed by atoms with Crippen LogP contribution in [-0.4, -0.2) is 19.3 Å². The summed E-state index contributed by atoms with van der Waals surface area (Å²) in [6.07, 6.45) is 20.4. The maximum absolute atomic E-state index is 15.1. The molecule has 4 rings (SSSR count). The Balaban J connectivity index is 1.29. The summed E-state index contributed by atoms with van der Waals surface area (Å²) in [6, 6.07) is 0. The minimum absolute atomic E-state index is 0.0110. The molecule has 4 aliphatic carbocycles. The maximum atomic E-state index is 15.1. The average molecular weight is 487 g/mol. The van der Waals surface area contributed by atoms with Crippen molar-refractivity contribution in [3.63, 3.8) is 0 Å². The van der Waals surface area contributed by atoms with Gasteiger partial charge in [0.25, 0.3) is 0 Å². The fourth-order valence-corrected chi connectivity index (χ4v) is 5.43. The lowest BCUT2D eigenvalue weighted by Crippen LogP contribution is -2.23. The summed E-state index contributed by atoms with van der Waals surface area (Å²) in [6.45, 7) is 4.90. The first kappa shape index (κ1) is 25.8. The summed E-state index contributed by atoms with van der Waals surface area (Å²) in [4.78, 5) is 0. The fraction of sp³-hybridized carbons (Fsp3) is 0.533. The summed E-state index contributed by atoms with van der Waals surface area (Å²) in [5.74, 6) is -1.49. The Morgan fingerprint density at radius 1 is 0.943 bits per heavy atom. The number of hydrogen-bond acceptors (Lipinski definition) is 2. The molecular weight excluding hydrogens is 449 g/mol. The molecule has 0 fully saturated rings. The van der Waals surface area contributed by atoms with E-state index < -0.39 is 23.7 Å². The lowest BCUT2D eigenvalue weighted by molar-refractivity contribution is 0.0510. The molecule has 0 spiro atoms. The first-order valence-electron chi connectivity index (χ1n) is 13.1. The van der Waals surface area contributed by atoms with Gasteiger partial charge in [0, 0.05) is 24.4 Å². The van der Waals surface area contributed by atoms with E-state index in [1.165, 1.54) is 5.57 Å². The standard InChI is InChI=1S/C30H37F3O2/c1-3-5-20-6-9-22(10-7-20)25-15-16-26(30(33)29(25)32)23-11-13-24(14-12-23)35-19-21-8-17-28(34-4-2)27(31)18-21/h6-7,9,11,13-15,18,21-23,26,28H,3-5,8,10,12,16-17,19H2,1-2H3. The quantitative estimate of drug-likeness (QED) is 0.325. The van der Waals surface area contributed by atoms with Gasteiger partial charge in [-0.05, 0) is 75.2 Å². The van der Waals surface area contributed by atoms with Gasteiger partial charge in [-0.15, -0.1) is 0 Å². The summed E-state index contributed by atoms with van der Waals surface area (Å²) in [5.41, 5.74) is 1.76. The van der Waals surface area contributed by atoms with Gasteiger partial charge in [-0.3, -0.25) is 0 Å². The van der Waals surface area contributed by atoms with Crippen molar-refractivity contribution in [2.24, 2.45) is 23.7 Å². The van der Waals surface area contributed by atoms with E-state index in [0.717, 1.165) is 25.7 Å². The van der Waals surface area contributed by atoms with E-state index in [-0.39, 0.29) is 23.6 Å². The molecule has 35 heavy (non-hydrogen) atoms. The SMILES string of the molecule is CCCC1=CCC(C2=CCC(C3C=CC(OCC4C=C(F)C(OCC)CC4)=CC3)C(F)=C2F)C=C1. The highest BCUT2D eigenvalue weighted by atomic mass is 19.2. The van der Waals surface area contributed by atoms with Crippen LogP contribution in [0.4, 0.5) is 13.2 Å². The summed E-state index contributed by atoms with van der Waals surface area (Å²) < 4.78 is 55.6. The van der Waals surface area contributed by atoms with Crippen molar-refractivity contribution in [3.8, 4) is 0 Å². The van der Waals surface area contributed by atoms with Gasteiger partial charge >= 0.3 is 0 Å². The molecule has 0 bridgehead atoms. The number of ether oxygens (including phenoxy) is 2. The van der Waals surface area contributed by atoms with Gasteiger partial charge in [0.15, 0.2) is 5.83 Å². The predicted octanol–water partition coefficient (Wildman–Crippen LogP) is 8.53. The first-order valence-corrected chi connectivity index (χ1v) is 13.1. The number of halogens is 3. The Morgan fingerprint density at radius 2 is 1.80 bits per heavy atom. The van der Waals surface area contributed by atoms with Crippen molar-refractivity contribution in [2.45, 2.75) is 64.9 Å². The third kappa shape index (κ3) is 6.30. The topological polar surface area (TPSA) is 18.5 Å². The van der Waals surface area contributed by atoms with E-state index in [1.54, 1.807) is 6.08 Å². The average Bonchev–Trinajstić information content (AvgIpc) is 2.87. The molecule has 190 valence electrons. The zero-order chi connectivity index (χ0) is 24.8. The van der Waals surface area contributed by atoms with Gasteiger partial charge in [0.05, 0.1) is 6.61 Å². The molecule has 0 N–H and O–H groups in total. The van der Waals surface area contributed by atoms with Crippen LogP contribution in [0.15, 0.2) is 83.0 Å². The van der Waals surface area contributed by atoms with Crippen molar-refractivity contribution < 1.29 is 22.6 Å². The Kier molecular flexibility index (Phi) is 8.94. The van der Waals surface area contributed by atoms with Crippen LogP contribution in [0.25, 0.3) is 0 Å². The van der Waals surface area contributed by atoms with Crippen molar-refractivity contribution in [1.29, 1.82) is 0 Å². The molecule has 5 atom stereocenters. The molecule has 0 aromatic carbocycles. The number of allylic oxidation sites excluding steroid dienone is 11. The van der Waals surface area contributed by atoms with Crippen LogP contribution in [-0.2, 0) is 9.47 Å². The van der Waals surface area contributed by atoms with Crippen LogP contribution in [0, 0.1) is 23.7 Å². The van der Waals surface area contributed by atoms with E-state index in [1.807, 2.05) is 37.3 Å². The number of rotatable bonds is 9. The monoisotopic (exact) mass is 486 g/mol. The van der Waals surface area contributed by atoms with Crippen LogP contribution in [0.2, 0.25) is 0 Å². The highest BCUT2D eigenvalue weighted by molar-refractivity contribution is 5.41. The normalized spacial score (nSPS) is 31.1. The Labute approximate surface area is 207 Å². The van der Waals surface area contributed by atoms with Crippen molar-refractivity contribution in [1.82, 2.24) is 0 Å². The zero-order valence-corrected chi connectivity index (χ0v) is 20.8. The maximum Gasteiger partial charge on any atom is 0.158 e. The largest absolute Gasteiger partial charge is 0.493 e. The Morgan fingerprint density at radius 3 is 2.46 bits per heavy atom. The predicted molar refractivity (Wildman–Crippen MR) is 134 cm³/mol. The molecule has 0 amide bonds. The van der Waals surface area contributed by atoms with Crippen LogP contribution in [0.5, 0.6) is 0 Å². The van der Waals surface area contributed by atoms with Gasteiger partial charge in [-0.25, -0.2) is 13.2 Å². The summed E-state index contributed by atoms with van der Waals surface area (Å²) in [7, 11) is 0. The van der Waals surface area contributed by atoms with E-state index in [0.29, 0.717) is 43.8 Å². The molecule has 5 heteroatoms. The minimum Gasteiger partial charge on any atom is -0.493 e. The van der Waals surface area contributed by atoms with Gasteiger partial charge in [0.2, 0.25) is 0 Å². The van der Waals surface area contributed by atoms with Crippen LogP contribution < -0.4 is 0 Å². The van der Waals surface area contributed by atoms with Crippen LogP contribution in [0.1, 0.15) is 58.8 Å². The molecule has 0 aliphatic heterocycles. The molecule has 2 nitrogen and oxygen atoms in total. The Hall–Kier alpha value is -2.27. The van der Waals surface area contributed by atoms with Crippen molar-refractivity contribution >= 4 is 0 Å². The number of hydrogen-bond donors (Lipinski definition) is 0. The van der Waals surface area contributed by atoms with E-state index in [4.69, 9.17) is 9.47 Å². The highest BCUT2D eigenvalue weighted by Crippen LogP contribution is 2.43. The molecular formula is C30H37F3O2. The van der Waals surface area contributed by atoms with Crippen molar-refractivity contribution in [2.75, 3.05) is 13.2 Å². The van der Waals surface area contributed by atoms with E-state index in [2.05, 4.69) is 19.1 Å².